The second-order valence-corrected chi connectivity index (χ2v) is 6.24. The Morgan fingerprint density at radius 3 is 2.46 bits per heavy atom. The minimum absolute atomic E-state index is 0.218. The summed E-state index contributed by atoms with van der Waals surface area (Å²) in [4.78, 5) is 29.9. The van der Waals surface area contributed by atoms with Gasteiger partial charge in [0.05, 0.1) is 25.3 Å². The van der Waals surface area contributed by atoms with E-state index in [2.05, 4.69) is 10.3 Å². The molecule has 0 fully saturated rings. The molecule has 0 spiro atoms. The standard InChI is InChI=1S/C20H25N3O3/c1-5-26-19(24)12-16-6-8-17(9-7-16)22-20(25)23(4)13-18-11-14(2)10-15(3)21-18/h6-11H,5,12-13H2,1-4H3,(H,22,25). The minimum atomic E-state index is -0.259. The fraction of sp³-hybridized carbons (Fsp3) is 0.350. The zero-order valence-corrected chi connectivity index (χ0v) is 15.7. The van der Waals surface area contributed by atoms with Gasteiger partial charge in [0.25, 0.3) is 0 Å². The van der Waals surface area contributed by atoms with Crippen LogP contribution in [-0.2, 0) is 22.5 Å². The normalized spacial score (nSPS) is 10.3. The first-order valence-electron chi connectivity index (χ1n) is 8.58. The summed E-state index contributed by atoms with van der Waals surface area (Å²) >= 11 is 0. The lowest BCUT2D eigenvalue weighted by atomic mass is 10.1. The molecule has 0 atom stereocenters. The van der Waals surface area contributed by atoms with Gasteiger partial charge >= 0.3 is 12.0 Å². The van der Waals surface area contributed by atoms with Crippen molar-refractivity contribution < 1.29 is 14.3 Å². The molecule has 0 aliphatic carbocycles. The maximum Gasteiger partial charge on any atom is 0.321 e. The lowest BCUT2D eigenvalue weighted by Crippen LogP contribution is -2.31. The van der Waals surface area contributed by atoms with Gasteiger partial charge in [-0.25, -0.2) is 4.79 Å². The lowest BCUT2D eigenvalue weighted by molar-refractivity contribution is -0.142. The van der Waals surface area contributed by atoms with Crippen molar-refractivity contribution in [2.75, 3.05) is 19.0 Å². The Kier molecular flexibility index (Phi) is 6.72. The predicted molar refractivity (Wildman–Crippen MR) is 101 cm³/mol. The predicted octanol–water partition coefficient (Wildman–Crippen LogP) is 3.47. The number of esters is 1. The number of carbonyl (C=O) groups excluding carboxylic acids is 2. The molecule has 1 aromatic carbocycles. The van der Waals surface area contributed by atoms with E-state index >= 15 is 0 Å². The number of rotatable bonds is 6. The van der Waals surface area contributed by atoms with Gasteiger partial charge in [-0.15, -0.1) is 0 Å². The number of pyridine rings is 1. The Balaban J connectivity index is 1.92. The SMILES string of the molecule is CCOC(=O)Cc1ccc(NC(=O)N(C)Cc2cc(C)cc(C)n2)cc1. The molecule has 6 heteroatoms. The van der Waals surface area contributed by atoms with Crippen molar-refractivity contribution in [2.45, 2.75) is 33.7 Å². The molecule has 6 nitrogen and oxygen atoms in total. The molecule has 0 bridgehead atoms. The van der Waals surface area contributed by atoms with Crippen LogP contribution in [-0.4, -0.2) is 35.5 Å². The van der Waals surface area contributed by atoms with Crippen LogP contribution in [0, 0.1) is 13.8 Å². The molecule has 2 aromatic rings. The van der Waals surface area contributed by atoms with Gasteiger partial charge in [-0.1, -0.05) is 12.1 Å². The van der Waals surface area contributed by atoms with E-state index in [4.69, 9.17) is 4.74 Å². The number of aromatic nitrogens is 1. The van der Waals surface area contributed by atoms with Crippen LogP contribution in [0.25, 0.3) is 0 Å². The van der Waals surface area contributed by atoms with Crippen LogP contribution in [0.5, 0.6) is 0 Å². The Hall–Kier alpha value is -2.89. The maximum atomic E-state index is 12.3. The van der Waals surface area contributed by atoms with Crippen LogP contribution < -0.4 is 5.32 Å². The smallest absolute Gasteiger partial charge is 0.321 e. The summed E-state index contributed by atoms with van der Waals surface area (Å²) in [6.45, 7) is 6.52. The summed E-state index contributed by atoms with van der Waals surface area (Å²) in [5, 5.41) is 2.84. The number of urea groups is 1. The van der Waals surface area contributed by atoms with Crippen LogP contribution in [0.3, 0.4) is 0 Å². The van der Waals surface area contributed by atoms with Gasteiger partial charge in [0.2, 0.25) is 0 Å². The van der Waals surface area contributed by atoms with E-state index in [0.717, 1.165) is 22.5 Å². The monoisotopic (exact) mass is 355 g/mol. The molecule has 0 saturated carbocycles. The number of nitrogens with zero attached hydrogens (tertiary/aromatic N) is 2. The van der Waals surface area contributed by atoms with Crippen molar-refractivity contribution in [3.05, 3.63) is 58.9 Å². The number of carbonyl (C=O) groups is 2. The van der Waals surface area contributed by atoms with E-state index in [9.17, 15) is 9.59 Å². The highest BCUT2D eigenvalue weighted by Gasteiger charge is 2.11. The van der Waals surface area contributed by atoms with E-state index in [1.54, 1.807) is 43.1 Å². The van der Waals surface area contributed by atoms with E-state index < -0.39 is 0 Å². The van der Waals surface area contributed by atoms with Gasteiger partial charge in [0.15, 0.2) is 0 Å². The van der Waals surface area contributed by atoms with Gasteiger partial charge < -0.3 is 15.0 Å². The number of nitrogens with one attached hydrogen (secondary N) is 1. The fourth-order valence-electron chi connectivity index (χ4n) is 2.62. The summed E-state index contributed by atoms with van der Waals surface area (Å²) in [6, 6.07) is 10.9. The average molecular weight is 355 g/mol. The second kappa shape index (κ2) is 8.99. The molecule has 0 unspecified atom stereocenters. The summed E-state index contributed by atoms with van der Waals surface area (Å²) in [7, 11) is 1.73. The zero-order valence-electron chi connectivity index (χ0n) is 15.7. The van der Waals surface area contributed by atoms with E-state index in [0.29, 0.717) is 18.8 Å². The number of hydrogen-bond acceptors (Lipinski definition) is 4. The number of hydrogen-bond donors (Lipinski definition) is 1. The zero-order chi connectivity index (χ0) is 19.1. The summed E-state index contributed by atoms with van der Waals surface area (Å²) in [5.41, 5.74) is 4.42. The van der Waals surface area contributed by atoms with Gasteiger partial charge in [-0.05, 0) is 56.2 Å². The highest BCUT2D eigenvalue weighted by Crippen LogP contribution is 2.12. The van der Waals surface area contributed by atoms with E-state index in [1.165, 1.54) is 0 Å². The molecule has 0 radical (unpaired) electrons. The molecule has 0 aliphatic rings. The summed E-state index contributed by atoms with van der Waals surface area (Å²) < 4.78 is 4.92. The van der Waals surface area contributed by atoms with Gasteiger partial charge in [0.1, 0.15) is 0 Å². The Morgan fingerprint density at radius 1 is 1.15 bits per heavy atom. The topological polar surface area (TPSA) is 71.5 Å². The molecule has 1 N–H and O–H groups in total. The molecule has 138 valence electrons. The van der Waals surface area contributed by atoms with Crippen LogP contribution >= 0.6 is 0 Å². The third-order valence-electron chi connectivity index (χ3n) is 3.76. The van der Waals surface area contributed by atoms with Crippen LogP contribution in [0.1, 0.15) is 29.4 Å². The van der Waals surface area contributed by atoms with Crippen LogP contribution in [0.4, 0.5) is 10.5 Å². The minimum Gasteiger partial charge on any atom is -0.466 e. The first-order chi connectivity index (χ1) is 12.4. The van der Waals surface area contributed by atoms with Crippen molar-refractivity contribution in [2.24, 2.45) is 0 Å². The second-order valence-electron chi connectivity index (χ2n) is 6.24. The molecular weight excluding hydrogens is 330 g/mol. The molecule has 26 heavy (non-hydrogen) atoms. The fourth-order valence-corrected chi connectivity index (χ4v) is 2.62. The first-order valence-corrected chi connectivity index (χ1v) is 8.58. The average Bonchev–Trinajstić information content (AvgIpc) is 2.55. The third-order valence-corrected chi connectivity index (χ3v) is 3.76. The largest absolute Gasteiger partial charge is 0.466 e. The highest BCUT2D eigenvalue weighted by atomic mass is 16.5. The van der Waals surface area contributed by atoms with E-state index in [1.807, 2.05) is 26.0 Å². The molecule has 0 aliphatic heterocycles. The molecular formula is C20H25N3O3. The molecule has 2 rings (SSSR count). The van der Waals surface area contributed by atoms with Gasteiger partial charge in [0, 0.05) is 18.4 Å². The Bertz CT molecular complexity index is 752. The van der Waals surface area contributed by atoms with Crippen molar-refractivity contribution in [1.29, 1.82) is 0 Å². The van der Waals surface area contributed by atoms with E-state index in [-0.39, 0.29) is 18.4 Å². The summed E-state index contributed by atoms with van der Waals surface area (Å²) in [6.07, 6.45) is 0.223. The van der Waals surface area contributed by atoms with Gasteiger partial charge in [-0.3, -0.25) is 9.78 Å². The number of anilines is 1. The molecule has 0 saturated heterocycles. The number of benzene rings is 1. The maximum absolute atomic E-state index is 12.3. The third kappa shape index (κ3) is 5.88. The molecule has 2 amide bonds. The van der Waals surface area contributed by atoms with Gasteiger partial charge in [-0.2, -0.15) is 0 Å². The molecule has 1 heterocycles. The van der Waals surface area contributed by atoms with Crippen molar-refractivity contribution in [3.63, 3.8) is 0 Å². The Labute approximate surface area is 154 Å². The van der Waals surface area contributed by atoms with Crippen molar-refractivity contribution in [1.82, 2.24) is 9.88 Å². The lowest BCUT2D eigenvalue weighted by Gasteiger charge is -2.18. The highest BCUT2D eigenvalue weighted by molar-refractivity contribution is 5.89. The number of aryl methyl sites for hydroxylation is 2. The van der Waals surface area contributed by atoms with Crippen LogP contribution in [0.15, 0.2) is 36.4 Å². The van der Waals surface area contributed by atoms with Crippen molar-refractivity contribution in [3.8, 4) is 0 Å². The number of ether oxygens (including phenoxy) is 1. The first kappa shape index (κ1) is 19.4. The van der Waals surface area contributed by atoms with Crippen LogP contribution in [0.2, 0.25) is 0 Å². The number of amides is 2. The summed E-state index contributed by atoms with van der Waals surface area (Å²) in [5.74, 6) is -0.259. The van der Waals surface area contributed by atoms with Crippen molar-refractivity contribution >= 4 is 17.7 Å². The Morgan fingerprint density at radius 2 is 1.85 bits per heavy atom. The quantitative estimate of drug-likeness (QED) is 0.806. The molecule has 1 aromatic heterocycles.